The highest BCUT2D eigenvalue weighted by Crippen LogP contribution is 2.11. The summed E-state index contributed by atoms with van der Waals surface area (Å²) in [6.07, 6.45) is 1.84. The van der Waals surface area contributed by atoms with Gasteiger partial charge in [-0.05, 0) is 26.4 Å². The van der Waals surface area contributed by atoms with Crippen LogP contribution in [0, 0.1) is 0 Å². The Balaban J connectivity index is 2.49. The van der Waals surface area contributed by atoms with Gasteiger partial charge in [-0.25, -0.2) is 4.79 Å². The van der Waals surface area contributed by atoms with Gasteiger partial charge in [0, 0.05) is 25.7 Å². The molecule has 0 bridgehead atoms. The molecular weight excluding hydrogens is 234 g/mol. The molecule has 18 heavy (non-hydrogen) atoms. The summed E-state index contributed by atoms with van der Waals surface area (Å²) in [5, 5.41) is 11.2. The summed E-state index contributed by atoms with van der Waals surface area (Å²) in [5.74, 6) is -0.891. The van der Waals surface area contributed by atoms with Gasteiger partial charge in [-0.1, -0.05) is 6.92 Å². The van der Waals surface area contributed by atoms with E-state index in [9.17, 15) is 9.59 Å². The molecule has 1 aliphatic heterocycles. The Kier molecular flexibility index (Phi) is 5.91. The SMILES string of the molecule is CCC1CN(C)CCCN1C(=O)NCCC(=O)O. The van der Waals surface area contributed by atoms with E-state index in [0.717, 1.165) is 32.5 Å². The molecule has 0 aromatic rings. The Morgan fingerprint density at radius 2 is 2.11 bits per heavy atom. The van der Waals surface area contributed by atoms with Crippen LogP contribution in [0.3, 0.4) is 0 Å². The molecule has 6 nitrogen and oxygen atoms in total. The van der Waals surface area contributed by atoms with Crippen molar-refractivity contribution in [2.24, 2.45) is 0 Å². The first-order valence-corrected chi connectivity index (χ1v) is 6.49. The third-order valence-electron chi connectivity index (χ3n) is 3.25. The first kappa shape index (κ1) is 14.8. The molecule has 2 amide bonds. The smallest absolute Gasteiger partial charge is 0.317 e. The van der Waals surface area contributed by atoms with E-state index < -0.39 is 5.97 Å². The van der Waals surface area contributed by atoms with Crippen LogP contribution in [0.5, 0.6) is 0 Å². The van der Waals surface area contributed by atoms with E-state index in [1.54, 1.807) is 0 Å². The van der Waals surface area contributed by atoms with Gasteiger partial charge >= 0.3 is 12.0 Å². The number of hydrogen-bond donors (Lipinski definition) is 2. The monoisotopic (exact) mass is 257 g/mol. The minimum absolute atomic E-state index is 0.0315. The maximum absolute atomic E-state index is 12.0. The number of nitrogens with one attached hydrogen (secondary N) is 1. The van der Waals surface area contributed by atoms with Gasteiger partial charge < -0.3 is 20.2 Å². The van der Waals surface area contributed by atoms with Crippen LogP contribution < -0.4 is 5.32 Å². The van der Waals surface area contributed by atoms with Crippen LogP contribution >= 0.6 is 0 Å². The van der Waals surface area contributed by atoms with Crippen LogP contribution in [0.2, 0.25) is 0 Å². The second-order valence-corrected chi connectivity index (χ2v) is 4.75. The fourth-order valence-electron chi connectivity index (χ4n) is 2.24. The maximum atomic E-state index is 12.0. The number of carboxylic acids is 1. The minimum Gasteiger partial charge on any atom is -0.481 e. The summed E-state index contributed by atoms with van der Waals surface area (Å²) in [6, 6.07) is 0.0701. The maximum Gasteiger partial charge on any atom is 0.317 e. The standard InChI is InChI=1S/C12H23N3O3/c1-3-10-9-14(2)7-4-8-15(10)12(18)13-6-5-11(16)17/h10H,3-9H2,1-2H3,(H,13,18)(H,16,17). The zero-order chi connectivity index (χ0) is 13.5. The first-order valence-electron chi connectivity index (χ1n) is 6.49. The lowest BCUT2D eigenvalue weighted by Crippen LogP contribution is -2.48. The molecule has 0 aliphatic carbocycles. The highest BCUT2D eigenvalue weighted by Gasteiger charge is 2.25. The minimum atomic E-state index is -0.891. The van der Waals surface area contributed by atoms with E-state index in [0.29, 0.717) is 0 Å². The number of aliphatic carboxylic acids is 1. The van der Waals surface area contributed by atoms with Crippen molar-refractivity contribution in [1.82, 2.24) is 15.1 Å². The summed E-state index contributed by atoms with van der Waals surface area (Å²) < 4.78 is 0. The zero-order valence-corrected chi connectivity index (χ0v) is 11.2. The van der Waals surface area contributed by atoms with Gasteiger partial charge in [-0.2, -0.15) is 0 Å². The van der Waals surface area contributed by atoms with Crippen molar-refractivity contribution < 1.29 is 14.7 Å². The fraction of sp³-hybridized carbons (Fsp3) is 0.833. The Bertz CT molecular complexity index is 296. The van der Waals surface area contributed by atoms with Gasteiger partial charge in [0.05, 0.1) is 6.42 Å². The van der Waals surface area contributed by atoms with Gasteiger partial charge in [-0.3, -0.25) is 4.79 Å². The summed E-state index contributed by atoms with van der Waals surface area (Å²) in [5.41, 5.74) is 0. The average molecular weight is 257 g/mol. The molecule has 0 radical (unpaired) electrons. The number of hydrogen-bond acceptors (Lipinski definition) is 3. The number of urea groups is 1. The number of carbonyl (C=O) groups is 2. The zero-order valence-electron chi connectivity index (χ0n) is 11.2. The van der Waals surface area contributed by atoms with Crippen LogP contribution in [0.25, 0.3) is 0 Å². The molecule has 1 fully saturated rings. The number of nitrogens with zero attached hydrogens (tertiary/aromatic N) is 2. The third-order valence-corrected chi connectivity index (χ3v) is 3.25. The van der Waals surface area contributed by atoms with E-state index in [2.05, 4.69) is 24.2 Å². The van der Waals surface area contributed by atoms with Crippen molar-refractivity contribution in [3.63, 3.8) is 0 Å². The van der Waals surface area contributed by atoms with Crippen LogP contribution in [-0.4, -0.2) is 66.2 Å². The highest BCUT2D eigenvalue weighted by atomic mass is 16.4. The Hall–Kier alpha value is -1.30. The fourth-order valence-corrected chi connectivity index (χ4v) is 2.24. The predicted octanol–water partition coefficient (Wildman–Crippen LogP) is 0.587. The molecule has 1 rings (SSSR count). The largest absolute Gasteiger partial charge is 0.481 e. The lowest BCUT2D eigenvalue weighted by atomic mass is 10.2. The molecule has 6 heteroatoms. The second-order valence-electron chi connectivity index (χ2n) is 4.75. The normalized spacial score (nSPS) is 21.4. The van der Waals surface area contributed by atoms with Crippen molar-refractivity contribution in [2.45, 2.75) is 32.2 Å². The Morgan fingerprint density at radius 3 is 2.72 bits per heavy atom. The van der Waals surface area contributed by atoms with Crippen LogP contribution in [0.15, 0.2) is 0 Å². The average Bonchev–Trinajstić information content (AvgIpc) is 2.49. The summed E-state index contributed by atoms with van der Waals surface area (Å²) in [7, 11) is 2.06. The summed E-state index contributed by atoms with van der Waals surface area (Å²) >= 11 is 0. The molecule has 1 aliphatic rings. The van der Waals surface area contributed by atoms with Crippen molar-refractivity contribution in [3.05, 3.63) is 0 Å². The van der Waals surface area contributed by atoms with E-state index in [1.807, 2.05) is 4.90 Å². The predicted molar refractivity (Wildman–Crippen MR) is 68.6 cm³/mol. The van der Waals surface area contributed by atoms with E-state index in [4.69, 9.17) is 5.11 Å². The molecule has 1 atom stereocenters. The highest BCUT2D eigenvalue weighted by molar-refractivity contribution is 5.75. The summed E-state index contributed by atoms with van der Waals surface area (Å²) in [6.45, 7) is 4.87. The van der Waals surface area contributed by atoms with Gasteiger partial charge in [0.2, 0.25) is 0 Å². The van der Waals surface area contributed by atoms with Crippen LogP contribution in [0.1, 0.15) is 26.2 Å². The van der Waals surface area contributed by atoms with E-state index >= 15 is 0 Å². The topological polar surface area (TPSA) is 72.9 Å². The molecular formula is C12H23N3O3. The number of carbonyl (C=O) groups excluding carboxylic acids is 1. The molecule has 104 valence electrons. The Labute approximate surface area is 108 Å². The van der Waals surface area contributed by atoms with Crippen LogP contribution in [-0.2, 0) is 4.79 Å². The van der Waals surface area contributed by atoms with Gasteiger partial charge in [0.1, 0.15) is 0 Å². The van der Waals surface area contributed by atoms with Crippen molar-refractivity contribution in [1.29, 1.82) is 0 Å². The number of rotatable bonds is 4. The van der Waals surface area contributed by atoms with Gasteiger partial charge in [0.15, 0.2) is 0 Å². The lowest BCUT2D eigenvalue weighted by Gasteiger charge is -2.30. The van der Waals surface area contributed by atoms with Gasteiger partial charge in [-0.15, -0.1) is 0 Å². The molecule has 2 N–H and O–H groups in total. The van der Waals surface area contributed by atoms with E-state index in [1.165, 1.54) is 0 Å². The molecule has 1 unspecified atom stereocenters. The number of amides is 2. The molecule has 0 aromatic carbocycles. The van der Waals surface area contributed by atoms with E-state index in [-0.39, 0.29) is 25.0 Å². The molecule has 0 saturated carbocycles. The molecule has 1 saturated heterocycles. The summed E-state index contributed by atoms with van der Waals surface area (Å²) in [4.78, 5) is 26.5. The second kappa shape index (κ2) is 7.20. The molecule has 0 spiro atoms. The van der Waals surface area contributed by atoms with Crippen molar-refractivity contribution >= 4 is 12.0 Å². The van der Waals surface area contributed by atoms with Crippen LogP contribution in [0.4, 0.5) is 4.79 Å². The number of carboxylic acid groups (broad SMARTS) is 1. The first-order chi connectivity index (χ1) is 8.54. The Morgan fingerprint density at radius 1 is 1.39 bits per heavy atom. The van der Waals surface area contributed by atoms with Gasteiger partial charge in [0.25, 0.3) is 0 Å². The lowest BCUT2D eigenvalue weighted by molar-refractivity contribution is -0.136. The van der Waals surface area contributed by atoms with Crippen molar-refractivity contribution in [3.8, 4) is 0 Å². The van der Waals surface area contributed by atoms with Crippen molar-refractivity contribution in [2.75, 3.05) is 33.2 Å². The third kappa shape index (κ3) is 4.52. The number of likely N-dealkylation sites (N-methyl/N-ethyl adjacent to an activating group) is 1. The molecule has 0 aromatic heterocycles. The quantitative estimate of drug-likeness (QED) is 0.773. The molecule has 1 heterocycles.